The van der Waals surface area contributed by atoms with Gasteiger partial charge >= 0.3 is 0 Å². The third-order valence-corrected chi connectivity index (χ3v) is 8.46. The Morgan fingerprint density at radius 3 is 2.12 bits per heavy atom. The SMILES string of the molecule is COc1cc(-c2cc(=O)c3c(OC)c(OCCCCSc4nnc(C)n4N=Cc4ccc(C)cc4)c(OC)cc3o2)cc(OC)c1OC. The number of rotatable bonds is 15. The van der Waals surface area contributed by atoms with Gasteiger partial charge in [0.1, 0.15) is 16.7 Å². The summed E-state index contributed by atoms with van der Waals surface area (Å²) in [5, 5.41) is 14.0. The fourth-order valence-electron chi connectivity index (χ4n) is 4.98. The van der Waals surface area contributed by atoms with Crippen molar-refractivity contribution in [2.24, 2.45) is 5.10 Å². The quantitative estimate of drug-likeness (QED) is 0.0682. The Labute approximate surface area is 282 Å². The first-order chi connectivity index (χ1) is 23.3. The highest BCUT2D eigenvalue weighted by Crippen LogP contribution is 2.45. The van der Waals surface area contributed by atoms with Crippen molar-refractivity contribution in [1.82, 2.24) is 14.9 Å². The Morgan fingerprint density at radius 2 is 1.48 bits per heavy atom. The highest BCUT2D eigenvalue weighted by molar-refractivity contribution is 7.99. The van der Waals surface area contributed by atoms with Crippen LogP contribution < -0.4 is 33.8 Å². The van der Waals surface area contributed by atoms with Crippen LogP contribution in [0.25, 0.3) is 22.3 Å². The van der Waals surface area contributed by atoms with E-state index < -0.39 is 0 Å². The third kappa shape index (κ3) is 7.36. The van der Waals surface area contributed by atoms with Gasteiger partial charge in [0.25, 0.3) is 0 Å². The second-order valence-electron chi connectivity index (χ2n) is 10.6. The zero-order valence-corrected chi connectivity index (χ0v) is 28.8. The molecule has 0 fully saturated rings. The summed E-state index contributed by atoms with van der Waals surface area (Å²) in [7, 11) is 7.55. The Balaban J connectivity index is 1.28. The summed E-state index contributed by atoms with van der Waals surface area (Å²) in [5.74, 6) is 4.00. The number of aryl methyl sites for hydroxylation is 2. The fraction of sp³-hybridized carbons (Fsp3) is 0.314. The van der Waals surface area contributed by atoms with Crippen molar-refractivity contribution in [1.29, 1.82) is 0 Å². The average Bonchev–Trinajstić information content (AvgIpc) is 3.46. The van der Waals surface area contributed by atoms with Gasteiger partial charge in [-0.25, -0.2) is 0 Å². The van der Waals surface area contributed by atoms with Crippen LogP contribution in [0.2, 0.25) is 0 Å². The number of thioether (sulfide) groups is 1. The van der Waals surface area contributed by atoms with E-state index in [1.807, 2.05) is 38.1 Å². The number of nitrogens with zero attached hydrogens (tertiary/aromatic N) is 4. The summed E-state index contributed by atoms with van der Waals surface area (Å²) >= 11 is 1.57. The molecule has 0 aliphatic heterocycles. The predicted octanol–water partition coefficient (Wildman–Crippen LogP) is 6.54. The van der Waals surface area contributed by atoms with Crippen LogP contribution in [-0.4, -0.2) is 69.0 Å². The maximum atomic E-state index is 13.5. The monoisotopic (exact) mass is 674 g/mol. The highest BCUT2D eigenvalue weighted by atomic mass is 32.2. The molecule has 12 nitrogen and oxygen atoms in total. The van der Waals surface area contributed by atoms with Gasteiger partial charge in [-0.1, -0.05) is 41.6 Å². The lowest BCUT2D eigenvalue weighted by molar-refractivity contribution is 0.271. The van der Waals surface area contributed by atoms with E-state index >= 15 is 0 Å². The topological polar surface area (TPSA) is 129 Å². The fourth-order valence-corrected chi connectivity index (χ4v) is 5.91. The van der Waals surface area contributed by atoms with E-state index in [0.29, 0.717) is 57.7 Å². The first kappa shape index (κ1) is 34.2. The summed E-state index contributed by atoms with van der Waals surface area (Å²) in [6, 6.07) is 14.6. The van der Waals surface area contributed by atoms with E-state index in [1.165, 1.54) is 47.2 Å². The average molecular weight is 675 g/mol. The van der Waals surface area contributed by atoms with Crippen molar-refractivity contribution in [2.75, 3.05) is 47.9 Å². The predicted molar refractivity (Wildman–Crippen MR) is 185 cm³/mol. The standard InChI is InChI=1S/C35H38N4O8S/c1-21-10-12-23(13-11-21)20-36-39-22(2)37-38-35(39)48-15-9-8-14-46-33-30(43-5)19-27-31(34(33)45-7)25(40)18-26(47-27)24-16-28(41-3)32(44-6)29(17-24)42-4/h10-13,16-20H,8-9,14-15H2,1-7H3. The lowest BCUT2D eigenvalue weighted by atomic mass is 10.1. The van der Waals surface area contributed by atoms with Crippen LogP contribution in [0, 0.1) is 13.8 Å². The zero-order chi connectivity index (χ0) is 34.2. The lowest BCUT2D eigenvalue weighted by Crippen LogP contribution is -2.07. The molecule has 0 aliphatic rings. The third-order valence-electron chi connectivity index (χ3n) is 7.45. The molecule has 0 saturated carbocycles. The van der Waals surface area contributed by atoms with Crippen molar-refractivity contribution in [3.63, 3.8) is 0 Å². The molecule has 5 aromatic rings. The molecule has 5 rings (SSSR count). The molecule has 48 heavy (non-hydrogen) atoms. The van der Waals surface area contributed by atoms with Crippen LogP contribution in [0.5, 0.6) is 34.5 Å². The van der Waals surface area contributed by atoms with Crippen molar-refractivity contribution >= 4 is 28.9 Å². The number of hydrogen-bond acceptors (Lipinski definition) is 12. The first-order valence-electron chi connectivity index (χ1n) is 15.1. The van der Waals surface area contributed by atoms with Gasteiger partial charge in [-0.15, -0.1) is 10.2 Å². The second kappa shape index (κ2) is 15.6. The molecule has 2 aromatic heterocycles. The molecule has 0 radical (unpaired) electrons. The number of fused-ring (bicyclic) bond motifs is 1. The van der Waals surface area contributed by atoms with E-state index in [4.69, 9.17) is 32.8 Å². The molecular weight excluding hydrogens is 636 g/mol. The molecule has 3 aromatic carbocycles. The normalized spacial score (nSPS) is 11.2. The molecule has 0 N–H and O–H groups in total. The van der Waals surface area contributed by atoms with Crippen molar-refractivity contribution in [3.05, 3.63) is 75.7 Å². The minimum Gasteiger partial charge on any atom is -0.493 e. The molecule has 0 bridgehead atoms. The number of benzene rings is 3. The Kier molecular flexibility index (Phi) is 11.1. The molecule has 0 unspecified atom stereocenters. The minimum atomic E-state index is -0.315. The van der Waals surface area contributed by atoms with Crippen molar-refractivity contribution in [2.45, 2.75) is 31.8 Å². The van der Waals surface area contributed by atoms with Crippen molar-refractivity contribution < 1.29 is 32.8 Å². The number of ether oxygens (including phenoxy) is 6. The van der Waals surface area contributed by atoms with Gasteiger partial charge in [-0.3, -0.25) is 4.79 Å². The molecule has 2 heterocycles. The molecule has 0 saturated heterocycles. The summed E-state index contributed by atoms with van der Waals surface area (Å²) in [4.78, 5) is 13.5. The summed E-state index contributed by atoms with van der Waals surface area (Å²) in [5.41, 5.74) is 2.71. The van der Waals surface area contributed by atoms with Gasteiger partial charge in [0.05, 0.1) is 48.4 Å². The Bertz CT molecular complexity index is 1950. The molecular formula is C35H38N4O8S. The smallest absolute Gasteiger partial charge is 0.212 e. The van der Waals surface area contributed by atoms with Gasteiger partial charge in [-0.2, -0.15) is 9.78 Å². The van der Waals surface area contributed by atoms with Gasteiger partial charge in [0.15, 0.2) is 34.3 Å². The van der Waals surface area contributed by atoms with E-state index in [1.54, 1.807) is 40.9 Å². The molecule has 13 heteroatoms. The minimum absolute atomic E-state index is 0.235. The summed E-state index contributed by atoms with van der Waals surface area (Å²) in [6.45, 7) is 4.29. The largest absolute Gasteiger partial charge is 0.493 e. The molecule has 0 spiro atoms. The number of unbranched alkanes of at least 4 members (excludes halogenated alkanes) is 1. The van der Waals surface area contributed by atoms with E-state index in [2.05, 4.69) is 15.3 Å². The first-order valence-corrected chi connectivity index (χ1v) is 16.1. The maximum absolute atomic E-state index is 13.5. The zero-order valence-electron chi connectivity index (χ0n) is 28.0. The molecule has 0 amide bonds. The van der Waals surface area contributed by atoms with Crippen LogP contribution in [0.1, 0.15) is 29.8 Å². The van der Waals surface area contributed by atoms with E-state index in [0.717, 1.165) is 24.2 Å². The molecule has 0 atom stereocenters. The Morgan fingerprint density at radius 1 is 0.812 bits per heavy atom. The van der Waals surface area contributed by atoms with Gasteiger partial charge in [0, 0.05) is 23.4 Å². The molecule has 252 valence electrons. The van der Waals surface area contributed by atoms with Crippen LogP contribution in [0.3, 0.4) is 0 Å². The van der Waals surface area contributed by atoms with Crippen LogP contribution >= 0.6 is 11.8 Å². The van der Waals surface area contributed by atoms with Crippen molar-refractivity contribution in [3.8, 4) is 45.8 Å². The van der Waals surface area contributed by atoms with Gasteiger partial charge in [0.2, 0.25) is 16.7 Å². The number of hydrogen-bond donors (Lipinski definition) is 0. The highest BCUT2D eigenvalue weighted by Gasteiger charge is 2.23. The van der Waals surface area contributed by atoms with E-state index in [9.17, 15) is 4.79 Å². The van der Waals surface area contributed by atoms with E-state index in [-0.39, 0.29) is 22.1 Å². The second-order valence-corrected chi connectivity index (χ2v) is 11.7. The number of aromatic nitrogens is 3. The summed E-state index contributed by atoms with van der Waals surface area (Å²) in [6.07, 6.45) is 3.36. The van der Waals surface area contributed by atoms with Crippen LogP contribution in [0.4, 0.5) is 0 Å². The lowest BCUT2D eigenvalue weighted by Gasteiger charge is -2.17. The summed E-state index contributed by atoms with van der Waals surface area (Å²) < 4.78 is 41.8. The van der Waals surface area contributed by atoms with Gasteiger partial charge in [-0.05, 0) is 44.4 Å². The molecule has 0 aliphatic carbocycles. The Hall–Kier alpha value is -5.17. The van der Waals surface area contributed by atoms with Crippen LogP contribution in [0.15, 0.2) is 68.0 Å². The maximum Gasteiger partial charge on any atom is 0.212 e. The van der Waals surface area contributed by atoms with Crippen LogP contribution in [-0.2, 0) is 0 Å². The van der Waals surface area contributed by atoms with Gasteiger partial charge < -0.3 is 32.8 Å². The number of methoxy groups -OCH3 is 5.